The molecular weight excluding hydrogens is 298 g/mol. The summed E-state index contributed by atoms with van der Waals surface area (Å²) >= 11 is 6.04. The monoisotopic (exact) mass is 317 g/mol. The molecule has 0 bridgehead atoms. The van der Waals surface area contributed by atoms with Gasteiger partial charge in [0.25, 0.3) is 5.91 Å². The molecule has 1 amide bonds. The molecule has 1 unspecified atom stereocenters. The topological polar surface area (TPSA) is 38.3 Å². The van der Waals surface area contributed by atoms with Crippen LogP contribution in [-0.4, -0.2) is 13.0 Å². The summed E-state index contributed by atoms with van der Waals surface area (Å²) in [5.74, 6) is 0.877. The van der Waals surface area contributed by atoms with Crippen molar-refractivity contribution in [3.8, 4) is 5.75 Å². The number of ether oxygens (including phenoxy) is 1. The maximum atomic E-state index is 12.2. The van der Waals surface area contributed by atoms with Crippen LogP contribution in [-0.2, 0) is 0 Å². The van der Waals surface area contributed by atoms with Crippen molar-refractivity contribution in [3.63, 3.8) is 0 Å². The molecule has 0 saturated carbocycles. The standard InChI is InChI=1S/C18H20ClNO2/c1-4-12(2)13-5-8-15(9-6-13)20-18(21)14-7-10-17(22-3)16(19)11-14/h5-12H,4H2,1-3H3,(H,20,21). The number of rotatable bonds is 5. The number of halogens is 1. The Morgan fingerprint density at radius 2 is 1.91 bits per heavy atom. The van der Waals surface area contributed by atoms with E-state index in [-0.39, 0.29) is 5.91 Å². The van der Waals surface area contributed by atoms with Gasteiger partial charge in [-0.3, -0.25) is 4.79 Å². The highest BCUT2D eigenvalue weighted by molar-refractivity contribution is 6.32. The number of hydrogen-bond acceptors (Lipinski definition) is 2. The first-order chi connectivity index (χ1) is 10.5. The van der Waals surface area contributed by atoms with Crippen LogP contribution in [0.2, 0.25) is 5.02 Å². The molecular formula is C18H20ClNO2. The van der Waals surface area contributed by atoms with Crippen LogP contribution in [0.15, 0.2) is 42.5 Å². The molecule has 0 aliphatic carbocycles. The highest BCUT2D eigenvalue weighted by atomic mass is 35.5. The van der Waals surface area contributed by atoms with E-state index in [4.69, 9.17) is 16.3 Å². The number of nitrogens with one attached hydrogen (secondary N) is 1. The van der Waals surface area contributed by atoms with Gasteiger partial charge >= 0.3 is 0 Å². The summed E-state index contributed by atoms with van der Waals surface area (Å²) < 4.78 is 5.08. The van der Waals surface area contributed by atoms with Crippen LogP contribution in [0.4, 0.5) is 5.69 Å². The van der Waals surface area contributed by atoms with E-state index in [1.807, 2.05) is 24.3 Å². The van der Waals surface area contributed by atoms with Gasteiger partial charge in [0.2, 0.25) is 0 Å². The molecule has 0 heterocycles. The number of amides is 1. The number of anilines is 1. The van der Waals surface area contributed by atoms with Gasteiger partial charge in [0.15, 0.2) is 0 Å². The maximum Gasteiger partial charge on any atom is 0.255 e. The molecule has 0 fully saturated rings. The van der Waals surface area contributed by atoms with Gasteiger partial charge in [-0.05, 0) is 48.2 Å². The Balaban J connectivity index is 2.10. The van der Waals surface area contributed by atoms with Gasteiger partial charge in [-0.2, -0.15) is 0 Å². The van der Waals surface area contributed by atoms with Crippen LogP contribution in [0.1, 0.15) is 42.1 Å². The second-order valence-electron chi connectivity index (χ2n) is 5.23. The van der Waals surface area contributed by atoms with Crippen molar-refractivity contribution >= 4 is 23.2 Å². The second-order valence-corrected chi connectivity index (χ2v) is 5.64. The Labute approximate surface area is 136 Å². The molecule has 1 atom stereocenters. The molecule has 0 spiro atoms. The van der Waals surface area contributed by atoms with Crippen molar-refractivity contribution in [2.45, 2.75) is 26.2 Å². The Hall–Kier alpha value is -2.00. The van der Waals surface area contributed by atoms with E-state index in [0.717, 1.165) is 12.1 Å². The summed E-state index contributed by atoms with van der Waals surface area (Å²) in [6.07, 6.45) is 1.09. The first-order valence-corrected chi connectivity index (χ1v) is 7.67. The summed E-state index contributed by atoms with van der Waals surface area (Å²) in [6.45, 7) is 4.35. The van der Waals surface area contributed by atoms with E-state index in [1.165, 1.54) is 5.56 Å². The molecule has 22 heavy (non-hydrogen) atoms. The van der Waals surface area contributed by atoms with Gasteiger partial charge in [-0.25, -0.2) is 0 Å². The van der Waals surface area contributed by atoms with Crippen LogP contribution in [0.25, 0.3) is 0 Å². The van der Waals surface area contributed by atoms with Crippen molar-refractivity contribution in [2.75, 3.05) is 12.4 Å². The Bertz CT molecular complexity index is 653. The third-order valence-electron chi connectivity index (χ3n) is 3.76. The molecule has 2 aromatic rings. The molecule has 116 valence electrons. The zero-order chi connectivity index (χ0) is 16.1. The summed E-state index contributed by atoms with van der Waals surface area (Å²) in [7, 11) is 1.54. The third-order valence-corrected chi connectivity index (χ3v) is 4.06. The Morgan fingerprint density at radius 3 is 2.45 bits per heavy atom. The van der Waals surface area contributed by atoms with Crippen LogP contribution in [0, 0.1) is 0 Å². The minimum Gasteiger partial charge on any atom is -0.495 e. The van der Waals surface area contributed by atoms with Crippen LogP contribution in [0.5, 0.6) is 5.75 Å². The number of hydrogen-bond donors (Lipinski definition) is 1. The summed E-state index contributed by atoms with van der Waals surface area (Å²) in [6, 6.07) is 12.9. The average molecular weight is 318 g/mol. The van der Waals surface area contributed by atoms with Crippen molar-refractivity contribution in [1.82, 2.24) is 0 Å². The van der Waals surface area contributed by atoms with E-state index in [2.05, 4.69) is 19.2 Å². The van der Waals surface area contributed by atoms with E-state index in [1.54, 1.807) is 25.3 Å². The SMILES string of the molecule is CCC(C)c1ccc(NC(=O)c2ccc(OC)c(Cl)c2)cc1. The quantitative estimate of drug-likeness (QED) is 0.831. The van der Waals surface area contributed by atoms with Crippen LogP contribution in [0.3, 0.4) is 0 Å². The predicted molar refractivity (Wildman–Crippen MR) is 91.1 cm³/mol. The van der Waals surface area contributed by atoms with E-state index in [9.17, 15) is 4.79 Å². The highest BCUT2D eigenvalue weighted by Crippen LogP contribution is 2.25. The molecule has 0 radical (unpaired) electrons. The highest BCUT2D eigenvalue weighted by Gasteiger charge is 2.10. The van der Waals surface area contributed by atoms with Gasteiger partial charge in [-0.15, -0.1) is 0 Å². The van der Waals surface area contributed by atoms with E-state index in [0.29, 0.717) is 22.3 Å². The van der Waals surface area contributed by atoms with E-state index >= 15 is 0 Å². The van der Waals surface area contributed by atoms with Crippen LogP contribution >= 0.6 is 11.6 Å². The van der Waals surface area contributed by atoms with E-state index < -0.39 is 0 Å². The second kappa shape index (κ2) is 7.32. The molecule has 0 aliphatic heterocycles. The zero-order valence-electron chi connectivity index (χ0n) is 13.0. The van der Waals surface area contributed by atoms with Crippen molar-refractivity contribution in [1.29, 1.82) is 0 Å². The lowest BCUT2D eigenvalue weighted by molar-refractivity contribution is 0.102. The van der Waals surface area contributed by atoms with Crippen molar-refractivity contribution < 1.29 is 9.53 Å². The van der Waals surface area contributed by atoms with Crippen LogP contribution < -0.4 is 10.1 Å². The summed E-state index contributed by atoms with van der Waals surface area (Å²) in [5.41, 5.74) is 2.54. The van der Waals surface area contributed by atoms with Crippen molar-refractivity contribution in [2.24, 2.45) is 0 Å². The average Bonchev–Trinajstić information content (AvgIpc) is 2.54. The first-order valence-electron chi connectivity index (χ1n) is 7.30. The largest absolute Gasteiger partial charge is 0.495 e. The van der Waals surface area contributed by atoms with Crippen molar-refractivity contribution in [3.05, 3.63) is 58.6 Å². The Morgan fingerprint density at radius 1 is 1.23 bits per heavy atom. The fraction of sp³-hybridized carbons (Fsp3) is 0.278. The number of carbonyl (C=O) groups is 1. The minimum atomic E-state index is -0.194. The first kappa shape index (κ1) is 16.4. The molecule has 1 N–H and O–H groups in total. The van der Waals surface area contributed by atoms with Gasteiger partial charge in [-0.1, -0.05) is 37.6 Å². The maximum absolute atomic E-state index is 12.2. The number of methoxy groups -OCH3 is 1. The van der Waals surface area contributed by atoms with Gasteiger partial charge < -0.3 is 10.1 Å². The van der Waals surface area contributed by atoms with Gasteiger partial charge in [0.05, 0.1) is 12.1 Å². The molecule has 0 aromatic heterocycles. The predicted octanol–water partition coefficient (Wildman–Crippen LogP) is 5.11. The third kappa shape index (κ3) is 3.80. The lowest BCUT2D eigenvalue weighted by atomic mass is 9.98. The summed E-state index contributed by atoms with van der Waals surface area (Å²) in [4.78, 5) is 12.2. The minimum absolute atomic E-state index is 0.194. The Kier molecular flexibility index (Phi) is 5.45. The molecule has 2 rings (SSSR count). The zero-order valence-corrected chi connectivity index (χ0v) is 13.8. The fourth-order valence-corrected chi connectivity index (χ4v) is 2.40. The molecule has 0 saturated heterocycles. The lowest BCUT2D eigenvalue weighted by Gasteiger charge is -2.11. The van der Waals surface area contributed by atoms with Gasteiger partial charge in [0, 0.05) is 11.3 Å². The lowest BCUT2D eigenvalue weighted by Crippen LogP contribution is -2.12. The molecule has 4 heteroatoms. The van der Waals surface area contributed by atoms with Gasteiger partial charge in [0.1, 0.15) is 5.75 Å². The smallest absolute Gasteiger partial charge is 0.255 e. The fourth-order valence-electron chi connectivity index (χ4n) is 2.14. The number of carbonyl (C=O) groups excluding carboxylic acids is 1. The summed E-state index contributed by atoms with van der Waals surface area (Å²) in [5, 5.41) is 3.29. The number of benzene rings is 2. The molecule has 0 aliphatic rings. The molecule has 2 aromatic carbocycles. The molecule has 3 nitrogen and oxygen atoms in total. The normalized spacial score (nSPS) is 11.8.